The summed E-state index contributed by atoms with van der Waals surface area (Å²) in [6.45, 7) is 10.8. The first-order valence-corrected chi connectivity index (χ1v) is 6.27. The monoisotopic (exact) mass is 218 g/mol. The number of allylic oxidation sites excluding steroid dienone is 3. The summed E-state index contributed by atoms with van der Waals surface area (Å²) in [6.07, 6.45) is 7.43. The van der Waals surface area contributed by atoms with Gasteiger partial charge in [-0.1, -0.05) is 32.1 Å². The molecule has 0 saturated heterocycles. The van der Waals surface area contributed by atoms with Gasteiger partial charge >= 0.3 is 0 Å². The Bertz CT molecular complexity index is 377. The summed E-state index contributed by atoms with van der Waals surface area (Å²) in [6, 6.07) is 0. The molecule has 1 nitrogen and oxygen atoms in total. The van der Waals surface area contributed by atoms with E-state index in [0.717, 1.165) is 18.4 Å². The lowest BCUT2D eigenvalue weighted by Crippen LogP contribution is -2.40. The first-order chi connectivity index (χ1) is 7.39. The minimum absolute atomic E-state index is 0.0944. The van der Waals surface area contributed by atoms with Crippen molar-refractivity contribution < 1.29 is 4.79 Å². The third kappa shape index (κ3) is 1.49. The van der Waals surface area contributed by atoms with Crippen LogP contribution in [-0.4, -0.2) is 5.78 Å². The first-order valence-electron chi connectivity index (χ1n) is 6.27. The maximum Gasteiger partial charge on any atom is 0.158 e. The third-order valence-corrected chi connectivity index (χ3v) is 5.12. The van der Waals surface area contributed by atoms with Crippen LogP contribution in [0.4, 0.5) is 0 Å². The van der Waals surface area contributed by atoms with Crippen LogP contribution in [-0.2, 0) is 4.79 Å². The van der Waals surface area contributed by atoms with E-state index >= 15 is 0 Å². The van der Waals surface area contributed by atoms with Gasteiger partial charge in [0.1, 0.15) is 0 Å². The molecule has 0 aromatic rings. The highest BCUT2D eigenvalue weighted by atomic mass is 16.1. The van der Waals surface area contributed by atoms with Crippen LogP contribution >= 0.6 is 0 Å². The summed E-state index contributed by atoms with van der Waals surface area (Å²) < 4.78 is 0. The zero-order chi connectivity index (χ0) is 12.0. The van der Waals surface area contributed by atoms with E-state index in [0.29, 0.717) is 12.2 Å². The predicted octanol–water partition coefficient (Wildman–Crippen LogP) is 4.05. The van der Waals surface area contributed by atoms with Gasteiger partial charge < -0.3 is 0 Å². The second kappa shape index (κ2) is 3.58. The molecule has 1 saturated carbocycles. The minimum Gasteiger partial charge on any atom is -0.295 e. The Hall–Kier alpha value is -0.850. The fourth-order valence-corrected chi connectivity index (χ4v) is 3.32. The summed E-state index contributed by atoms with van der Waals surface area (Å²) in [5.41, 5.74) is 2.57. The fourth-order valence-electron chi connectivity index (χ4n) is 3.32. The van der Waals surface area contributed by atoms with E-state index in [4.69, 9.17) is 0 Å². The molecule has 1 heteroatoms. The number of Topliss-reactive ketones (excluding diaryl/α,β-unsaturated/α-hetero) is 1. The Morgan fingerprint density at radius 3 is 2.56 bits per heavy atom. The van der Waals surface area contributed by atoms with Crippen LogP contribution in [0.25, 0.3) is 0 Å². The quantitative estimate of drug-likeness (QED) is 0.607. The van der Waals surface area contributed by atoms with Gasteiger partial charge in [0.2, 0.25) is 0 Å². The lowest BCUT2D eigenvalue weighted by Gasteiger charge is -2.46. The van der Waals surface area contributed by atoms with Gasteiger partial charge in [-0.25, -0.2) is 0 Å². The summed E-state index contributed by atoms with van der Waals surface area (Å²) >= 11 is 0. The molecular formula is C15H22O. The topological polar surface area (TPSA) is 17.1 Å². The van der Waals surface area contributed by atoms with Crippen LogP contribution in [0.1, 0.15) is 52.9 Å². The van der Waals surface area contributed by atoms with Gasteiger partial charge in [0.25, 0.3) is 0 Å². The van der Waals surface area contributed by atoms with Crippen molar-refractivity contribution in [1.29, 1.82) is 0 Å². The molecule has 0 heterocycles. The molecule has 0 radical (unpaired) electrons. The van der Waals surface area contributed by atoms with E-state index < -0.39 is 0 Å². The molecule has 0 N–H and O–H groups in total. The molecule has 0 unspecified atom stereocenters. The van der Waals surface area contributed by atoms with Crippen molar-refractivity contribution in [1.82, 2.24) is 0 Å². The predicted molar refractivity (Wildman–Crippen MR) is 67.2 cm³/mol. The number of rotatable bonds is 1. The maximum atomic E-state index is 11.9. The van der Waals surface area contributed by atoms with E-state index in [-0.39, 0.29) is 10.8 Å². The lowest BCUT2D eigenvalue weighted by molar-refractivity contribution is -0.120. The smallest absolute Gasteiger partial charge is 0.158 e. The molecule has 88 valence electrons. The highest BCUT2D eigenvalue weighted by Crippen LogP contribution is 2.58. The number of hydrogen-bond acceptors (Lipinski definition) is 1. The highest BCUT2D eigenvalue weighted by molar-refractivity contribution is 5.96. The van der Waals surface area contributed by atoms with Crippen molar-refractivity contribution >= 4 is 5.78 Å². The van der Waals surface area contributed by atoms with Gasteiger partial charge in [-0.05, 0) is 49.0 Å². The molecule has 0 amide bonds. The summed E-state index contributed by atoms with van der Waals surface area (Å²) in [5, 5.41) is 0. The van der Waals surface area contributed by atoms with Crippen molar-refractivity contribution in [3.63, 3.8) is 0 Å². The Morgan fingerprint density at radius 1 is 1.38 bits per heavy atom. The van der Waals surface area contributed by atoms with Crippen LogP contribution in [0.3, 0.4) is 0 Å². The average molecular weight is 218 g/mol. The Morgan fingerprint density at radius 2 is 2.06 bits per heavy atom. The van der Waals surface area contributed by atoms with E-state index in [1.54, 1.807) is 0 Å². The Kier molecular flexibility index (Phi) is 2.60. The number of ketones is 1. The summed E-state index contributed by atoms with van der Waals surface area (Å²) in [7, 11) is 0. The normalized spacial score (nSPS) is 40.1. The number of hydrogen-bond donors (Lipinski definition) is 0. The first kappa shape index (κ1) is 11.6. The van der Waals surface area contributed by atoms with Crippen LogP contribution in [0.5, 0.6) is 0 Å². The zero-order valence-corrected chi connectivity index (χ0v) is 10.7. The molecule has 0 aromatic carbocycles. The van der Waals surface area contributed by atoms with Crippen LogP contribution in [0, 0.1) is 10.8 Å². The molecule has 0 aliphatic heterocycles. The van der Waals surface area contributed by atoms with Gasteiger partial charge in [0.15, 0.2) is 5.78 Å². The highest BCUT2D eigenvalue weighted by Gasteiger charge is 2.49. The average Bonchev–Trinajstić information content (AvgIpc) is 2.56. The van der Waals surface area contributed by atoms with Gasteiger partial charge in [0, 0.05) is 6.42 Å². The van der Waals surface area contributed by atoms with Crippen molar-refractivity contribution in [2.75, 3.05) is 0 Å². The Labute approximate surface area is 98.6 Å². The van der Waals surface area contributed by atoms with E-state index in [2.05, 4.69) is 26.5 Å². The Balaban J connectivity index is 2.33. The standard InChI is InChI=1S/C15H22O/c1-11-7-9-14(3,10-13(11)16)15(4)8-5-6-12(15)2/h7H,2,5-6,8-10H2,1,3-4H3/t14-,15-/m0/s1. The zero-order valence-electron chi connectivity index (χ0n) is 10.7. The second-order valence-electron chi connectivity index (χ2n) is 6.04. The number of carbonyl (C=O) groups excluding carboxylic acids is 1. The molecule has 2 aliphatic carbocycles. The molecule has 0 spiro atoms. The molecule has 2 aliphatic rings. The second-order valence-corrected chi connectivity index (χ2v) is 6.04. The van der Waals surface area contributed by atoms with Crippen LogP contribution in [0.15, 0.2) is 23.8 Å². The third-order valence-electron chi connectivity index (χ3n) is 5.12. The van der Waals surface area contributed by atoms with Crippen molar-refractivity contribution in [2.45, 2.75) is 52.9 Å². The van der Waals surface area contributed by atoms with Crippen LogP contribution in [0.2, 0.25) is 0 Å². The molecule has 16 heavy (non-hydrogen) atoms. The molecule has 1 fully saturated rings. The molecular weight excluding hydrogens is 196 g/mol. The molecule has 0 aromatic heterocycles. The van der Waals surface area contributed by atoms with Crippen molar-refractivity contribution in [2.24, 2.45) is 10.8 Å². The van der Waals surface area contributed by atoms with Gasteiger partial charge in [-0.2, -0.15) is 0 Å². The van der Waals surface area contributed by atoms with Crippen molar-refractivity contribution in [3.8, 4) is 0 Å². The SMILES string of the molecule is C=C1CCC[C@]1(C)[C@@]1(C)CC=C(C)C(=O)C1. The van der Waals surface area contributed by atoms with E-state index in [1.807, 2.05) is 6.92 Å². The largest absolute Gasteiger partial charge is 0.295 e. The van der Waals surface area contributed by atoms with Crippen LogP contribution < -0.4 is 0 Å². The van der Waals surface area contributed by atoms with Gasteiger partial charge in [-0.3, -0.25) is 4.79 Å². The maximum absolute atomic E-state index is 11.9. The van der Waals surface area contributed by atoms with E-state index in [1.165, 1.54) is 18.4 Å². The lowest BCUT2D eigenvalue weighted by atomic mass is 9.57. The minimum atomic E-state index is 0.0944. The molecule has 2 atom stereocenters. The van der Waals surface area contributed by atoms with Crippen molar-refractivity contribution in [3.05, 3.63) is 23.8 Å². The van der Waals surface area contributed by atoms with E-state index in [9.17, 15) is 4.79 Å². The molecule has 0 bridgehead atoms. The van der Waals surface area contributed by atoms with Gasteiger partial charge in [0.05, 0.1) is 0 Å². The van der Waals surface area contributed by atoms with Gasteiger partial charge in [-0.15, -0.1) is 0 Å². The molecule has 2 rings (SSSR count). The summed E-state index contributed by atoms with van der Waals surface area (Å²) in [5.74, 6) is 0.328. The fraction of sp³-hybridized carbons (Fsp3) is 0.667. The summed E-state index contributed by atoms with van der Waals surface area (Å²) in [4.78, 5) is 11.9. The number of carbonyl (C=O) groups is 1.